The van der Waals surface area contributed by atoms with Crippen LogP contribution in [-0.4, -0.2) is 21.0 Å². The van der Waals surface area contributed by atoms with E-state index in [2.05, 4.69) is 0 Å². The molecule has 1 aliphatic heterocycles. The summed E-state index contributed by atoms with van der Waals surface area (Å²) < 4.78 is 41.1. The van der Waals surface area contributed by atoms with Crippen LogP contribution in [0, 0.1) is 12.7 Å². The Bertz CT molecular complexity index is 821. The molecule has 4 nitrogen and oxygen atoms in total. The number of hydrogen-bond donors (Lipinski definition) is 1. The molecule has 2 N–H and O–H groups in total. The normalized spacial score (nSPS) is 18.1. The molecule has 3 rings (SSSR count). The number of nitrogens with two attached hydrogens (primary N) is 1. The third-order valence-electron chi connectivity index (χ3n) is 3.80. The van der Waals surface area contributed by atoms with Crippen LogP contribution in [0.1, 0.15) is 11.1 Å². The summed E-state index contributed by atoms with van der Waals surface area (Å²) in [5.41, 5.74) is 8.11. The third kappa shape index (κ3) is 2.48. The van der Waals surface area contributed by atoms with Crippen LogP contribution in [0.15, 0.2) is 47.4 Å². The lowest BCUT2D eigenvalue weighted by molar-refractivity contribution is 0.554. The van der Waals surface area contributed by atoms with E-state index in [9.17, 15) is 12.8 Å². The Hall–Kier alpha value is -1.92. The highest BCUT2D eigenvalue weighted by atomic mass is 32.2. The van der Waals surface area contributed by atoms with E-state index >= 15 is 0 Å². The van der Waals surface area contributed by atoms with Gasteiger partial charge in [-0.3, -0.25) is 4.31 Å². The lowest BCUT2D eigenvalue weighted by atomic mass is 10.0. The first kappa shape index (κ1) is 15.0. The number of para-hydroxylation sites is 1. The van der Waals surface area contributed by atoms with Crippen LogP contribution in [0.3, 0.4) is 0 Å². The van der Waals surface area contributed by atoms with Gasteiger partial charge in [0.15, 0.2) is 0 Å². The van der Waals surface area contributed by atoms with E-state index in [1.807, 2.05) is 12.1 Å². The molecular weight excluding hydrogens is 303 g/mol. The van der Waals surface area contributed by atoms with Crippen LogP contribution in [0.4, 0.5) is 10.1 Å². The molecule has 0 amide bonds. The third-order valence-corrected chi connectivity index (χ3v) is 5.59. The zero-order valence-corrected chi connectivity index (χ0v) is 13.0. The van der Waals surface area contributed by atoms with Gasteiger partial charge < -0.3 is 5.73 Å². The van der Waals surface area contributed by atoms with Gasteiger partial charge in [-0.25, -0.2) is 12.8 Å². The Labute approximate surface area is 129 Å². The SMILES string of the molecule is Cc1ccc(F)c(S(=O)(=O)N2CC(N)Cc3ccccc32)c1. The number of anilines is 1. The number of aryl methyl sites for hydroxylation is 1. The molecule has 0 saturated carbocycles. The molecule has 0 aliphatic carbocycles. The van der Waals surface area contributed by atoms with Gasteiger partial charge in [-0.1, -0.05) is 24.3 Å². The molecule has 0 saturated heterocycles. The Kier molecular flexibility index (Phi) is 3.66. The van der Waals surface area contributed by atoms with Gasteiger partial charge in [0.1, 0.15) is 10.7 Å². The molecule has 116 valence electrons. The van der Waals surface area contributed by atoms with E-state index in [-0.39, 0.29) is 17.5 Å². The number of nitrogens with zero attached hydrogens (tertiary/aromatic N) is 1. The second-order valence-corrected chi connectivity index (χ2v) is 7.39. The first-order chi connectivity index (χ1) is 10.4. The van der Waals surface area contributed by atoms with Crippen LogP contribution in [0.25, 0.3) is 0 Å². The van der Waals surface area contributed by atoms with E-state index < -0.39 is 15.8 Å². The van der Waals surface area contributed by atoms with Crippen molar-refractivity contribution < 1.29 is 12.8 Å². The summed E-state index contributed by atoms with van der Waals surface area (Å²) in [5.74, 6) is -0.748. The maximum absolute atomic E-state index is 14.1. The van der Waals surface area contributed by atoms with Crippen LogP contribution in [0.5, 0.6) is 0 Å². The summed E-state index contributed by atoms with van der Waals surface area (Å²) in [7, 11) is -3.98. The van der Waals surface area contributed by atoms with E-state index in [0.717, 1.165) is 5.56 Å². The van der Waals surface area contributed by atoms with Crippen LogP contribution < -0.4 is 10.0 Å². The molecule has 0 radical (unpaired) electrons. The highest BCUT2D eigenvalue weighted by molar-refractivity contribution is 7.92. The molecule has 22 heavy (non-hydrogen) atoms. The van der Waals surface area contributed by atoms with Crippen molar-refractivity contribution >= 4 is 15.7 Å². The summed E-state index contributed by atoms with van der Waals surface area (Å²) in [4.78, 5) is -0.309. The second-order valence-electron chi connectivity index (χ2n) is 5.56. The fourth-order valence-electron chi connectivity index (χ4n) is 2.74. The van der Waals surface area contributed by atoms with Gasteiger partial charge in [0.05, 0.1) is 5.69 Å². The topological polar surface area (TPSA) is 63.4 Å². The molecule has 0 aromatic heterocycles. The number of rotatable bonds is 2. The minimum Gasteiger partial charge on any atom is -0.326 e. The van der Waals surface area contributed by atoms with Crippen molar-refractivity contribution in [1.82, 2.24) is 0 Å². The molecule has 0 bridgehead atoms. The Morgan fingerprint density at radius 1 is 1.23 bits per heavy atom. The second kappa shape index (κ2) is 5.37. The number of benzene rings is 2. The molecule has 1 unspecified atom stereocenters. The van der Waals surface area contributed by atoms with Crippen LogP contribution in [0.2, 0.25) is 0 Å². The van der Waals surface area contributed by atoms with Crippen molar-refractivity contribution in [2.75, 3.05) is 10.8 Å². The fourth-order valence-corrected chi connectivity index (χ4v) is 4.45. The van der Waals surface area contributed by atoms with Gasteiger partial charge in [-0.05, 0) is 42.7 Å². The molecule has 1 atom stereocenters. The van der Waals surface area contributed by atoms with Crippen molar-refractivity contribution in [3.63, 3.8) is 0 Å². The smallest absolute Gasteiger partial charge is 0.267 e. The van der Waals surface area contributed by atoms with Gasteiger partial charge in [-0.15, -0.1) is 0 Å². The minimum atomic E-state index is -3.98. The van der Waals surface area contributed by atoms with E-state index in [1.54, 1.807) is 25.1 Å². The number of halogens is 1. The van der Waals surface area contributed by atoms with Crippen molar-refractivity contribution in [3.8, 4) is 0 Å². The maximum atomic E-state index is 14.1. The van der Waals surface area contributed by atoms with Crippen LogP contribution >= 0.6 is 0 Å². The molecule has 0 spiro atoms. The van der Waals surface area contributed by atoms with E-state index in [4.69, 9.17) is 5.73 Å². The summed E-state index contributed by atoms with van der Waals surface area (Å²) >= 11 is 0. The first-order valence-electron chi connectivity index (χ1n) is 7.02. The molecule has 1 aliphatic rings. The summed E-state index contributed by atoms with van der Waals surface area (Å²) in [6.07, 6.45) is 0.610. The predicted octanol–water partition coefficient (Wildman–Crippen LogP) is 2.21. The lowest BCUT2D eigenvalue weighted by Crippen LogP contribution is -2.46. The monoisotopic (exact) mass is 320 g/mol. The molecule has 6 heteroatoms. The van der Waals surface area contributed by atoms with Crippen molar-refractivity contribution in [2.24, 2.45) is 5.73 Å². The van der Waals surface area contributed by atoms with Gasteiger partial charge in [0, 0.05) is 12.6 Å². The average Bonchev–Trinajstić information content (AvgIpc) is 2.48. The van der Waals surface area contributed by atoms with Gasteiger partial charge in [-0.2, -0.15) is 0 Å². The number of hydrogen-bond acceptors (Lipinski definition) is 3. The quantitative estimate of drug-likeness (QED) is 0.923. The molecule has 0 fully saturated rings. The molecule has 2 aromatic carbocycles. The number of sulfonamides is 1. The first-order valence-corrected chi connectivity index (χ1v) is 8.46. The summed E-state index contributed by atoms with van der Waals surface area (Å²) in [5, 5.41) is 0. The molecule has 2 aromatic rings. The van der Waals surface area contributed by atoms with E-state index in [0.29, 0.717) is 17.7 Å². The van der Waals surface area contributed by atoms with Crippen molar-refractivity contribution in [2.45, 2.75) is 24.3 Å². The van der Waals surface area contributed by atoms with Crippen molar-refractivity contribution in [3.05, 3.63) is 59.4 Å². The van der Waals surface area contributed by atoms with E-state index in [1.165, 1.54) is 16.4 Å². The molecular formula is C16H17FN2O2S. The maximum Gasteiger partial charge on any atom is 0.267 e. The highest BCUT2D eigenvalue weighted by Gasteiger charge is 2.33. The predicted molar refractivity (Wildman–Crippen MR) is 83.8 cm³/mol. The summed E-state index contributed by atoms with van der Waals surface area (Å²) in [6, 6.07) is 11.0. The van der Waals surface area contributed by atoms with Gasteiger partial charge in [0.25, 0.3) is 10.0 Å². The Morgan fingerprint density at radius 3 is 2.73 bits per heavy atom. The molecule has 1 heterocycles. The number of fused-ring (bicyclic) bond motifs is 1. The summed E-state index contributed by atoms with van der Waals surface area (Å²) in [6.45, 7) is 1.88. The zero-order valence-electron chi connectivity index (χ0n) is 12.2. The van der Waals surface area contributed by atoms with Gasteiger partial charge >= 0.3 is 0 Å². The van der Waals surface area contributed by atoms with Crippen molar-refractivity contribution in [1.29, 1.82) is 0 Å². The Balaban J connectivity index is 2.16. The standard InChI is InChI=1S/C16H17FN2O2S/c1-11-6-7-14(17)16(8-11)22(20,21)19-10-13(18)9-12-4-2-3-5-15(12)19/h2-8,13H,9-10,18H2,1H3. The minimum absolute atomic E-state index is 0.146. The average molecular weight is 320 g/mol. The lowest BCUT2D eigenvalue weighted by Gasteiger charge is -2.33. The highest BCUT2D eigenvalue weighted by Crippen LogP contribution is 2.32. The fraction of sp³-hybridized carbons (Fsp3) is 0.250. The van der Waals surface area contributed by atoms with Crippen LogP contribution in [-0.2, 0) is 16.4 Å². The largest absolute Gasteiger partial charge is 0.326 e. The zero-order chi connectivity index (χ0) is 15.9. The Morgan fingerprint density at radius 2 is 1.95 bits per heavy atom. The van der Waals surface area contributed by atoms with Gasteiger partial charge in [0.2, 0.25) is 0 Å².